The molecule has 0 saturated heterocycles. The van der Waals surface area contributed by atoms with Crippen LogP contribution in [0, 0.1) is 52.3 Å². The zero-order valence-corrected chi connectivity index (χ0v) is 35.6. The maximum atomic E-state index is 14.0. The number of aliphatic hydroxyl groups is 5. The summed E-state index contributed by atoms with van der Waals surface area (Å²) in [5.74, 6) is -1.43. The number of carbonyl (C=O) groups is 6. The number of amides is 2. The van der Waals surface area contributed by atoms with Gasteiger partial charge in [-0.3, -0.25) is 33.7 Å². The lowest BCUT2D eigenvalue weighted by Gasteiger charge is -2.50. The Kier molecular flexibility index (Phi) is 11.1. The highest BCUT2D eigenvalue weighted by atomic mass is 16.4. The molecule has 0 aromatic heterocycles. The van der Waals surface area contributed by atoms with Crippen molar-refractivity contribution in [2.75, 3.05) is 14.1 Å². The molecule has 0 aliphatic heterocycles. The van der Waals surface area contributed by atoms with Crippen molar-refractivity contribution in [2.45, 2.75) is 75.0 Å². The predicted molar refractivity (Wildman–Crippen MR) is 230 cm³/mol. The fourth-order valence-corrected chi connectivity index (χ4v) is 11.0. The fourth-order valence-electron chi connectivity index (χ4n) is 11.0. The standard InChI is InChI=1S/C48H44N4O14/c1-52(2)37-27-18-23-17-26-21(12-14-29(54)34(26)39(57)32(23)42(59)48(27,65)44(61)36(40(37)58)46(50)63)10-8-6-4-3-5-7-9-20-11-13-28(53)33-25(20)16-22-15-24-19-30(55)35(45(49)62)43(60)47(24,64)41(51-66)31(22)38(33)56/h11-14,22-24,27,37,53-55,58-59,64-65H,3-6,15-19H2,1-2H3,(H2,49,62)(H2,50,63)/t22-,23+,24+,27+,37+,47+,48+/m1/s1. The van der Waals surface area contributed by atoms with Gasteiger partial charge in [0.1, 0.15) is 45.6 Å². The molecule has 66 heavy (non-hydrogen) atoms. The van der Waals surface area contributed by atoms with Crippen LogP contribution in [0.5, 0.6) is 11.5 Å². The minimum absolute atomic E-state index is 0.0410. The zero-order valence-electron chi connectivity index (χ0n) is 35.6. The number of nitroso groups, excluding NO2 is 1. The molecule has 0 radical (unpaired) electrons. The molecule has 7 atom stereocenters. The quantitative estimate of drug-likeness (QED) is 0.0833. The summed E-state index contributed by atoms with van der Waals surface area (Å²) >= 11 is 0. The van der Waals surface area contributed by atoms with Crippen molar-refractivity contribution in [1.29, 1.82) is 0 Å². The molecule has 2 aromatic carbocycles. The van der Waals surface area contributed by atoms with Gasteiger partial charge in [0.25, 0.3) is 11.8 Å². The number of likely N-dealkylation sites (N-methyl/N-ethyl adjacent to an activating group) is 1. The molecule has 0 unspecified atom stereocenters. The van der Waals surface area contributed by atoms with Crippen molar-refractivity contribution in [1.82, 2.24) is 4.90 Å². The van der Waals surface area contributed by atoms with E-state index in [0.29, 0.717) is 47.9 Å². The largest absolute Gasteiger partial charge is 0.511 e. The van der Waals surface area contributed by atoms with Gasteiger partial charge in [-0.2, -0.15) is 0 Å². The summed E-state index contributed by atoms with van der Waals surface area (Å²) in [6.07, 6.45) is 1.70. The van der Waals surface area contributed by atoms with Crippen LogP contribution in [-0.2, 0) is 32.0 Å². The number of aliphatic hydroxyl groups excluding tert-OH is 3. The highest BCUT2D eigenvalue weighted by Crippen LogP contribution is 2.54. The van der Waals surface area contributed by atoms with Gasteiger partial charge in [0.05, 0.1) is 17.2 Å². The van der Waals surface area contributed by atoms with Crippen molar-refractivity contribution in [3.8, 4) is 35.2 Å². The summed E-state index contributed by atoms with van der Waals surface area (Å²) in [4.78, 5) is 92.8. The summed E-state index contributed by atoms with van der Waals surface area (Å²) in [5, 5.41) is 81.0. The molecule has 11 N–H and O–H groups in total. The number of allylic oxidation sites excluding steroid dienone is 3. The van der Waals surface area contributed by atoms with E-state index in [4.69, 9.17) is 11.5 Å². The first-order chi connectivity index (χ1) is 31.2. The maximum Gasteiger partial charge on any atom is 0.255 e. The first-order valence-electron chi connectivity index (χ1n) is 21.1. The van der Waals surface area contributed by atoms with Gasteiger partial charge in [0.2, 0.25) is 11.6 Å². The smallest absolute Gasteiger partial charge is 0.255 e. The van der Waals surface area contributed by atoms with Crippen molar-refractivity contribution < 1.29 is 64.5 Å². The predicted octanol–water partition coefficient (Wildman–Crippen LogP) is 2.19. The average Bonchev–Trinajstić information content (AvgIpc) is 3.24. The number of aromatic hydroxyl groups is 2. The number of nitrogens with two attached hydrogens (primary N) is 2. The van der Waals surface area contributed by atoms with E-state index in [1.165, 1.54) is 17.0 Å². The third-order valence-electron chi connectivity index (χ3n) is 13.9. The number of carbonyl (C=O) groups excluding carboxylic acids is 6. The number of primary amides is 2. The molecular formula is C48H44N4O14. The van der Waals surface area contributed by atoms with E-state index < -0.39 is 121 Å². The van der Waals surface area contributed by atoms with Crippen LogP contribution in [-0.4, -0.2) is 107 Å². The molecular weight excluding hydrogens is 857 g/mol. The molecule has 0 fully saturated rings. The Bertz CT molecular complexity index is 2920. The number of nitrogens with zero attached hydrogens (tertiary/aromatic N) is 2. The first-order valence-corrected chi connectivity index (χ1v) is 21.1. The van der Waals surface area contributed by atoms with Crippen molar-refractivity contribution in [2.24, 2.45) is 40.3 Å². The van der Waals surface area contributed by atoms with E-state index in [0.717, 1.165) is 0 Å². The fraction of sp³-hybridized carbons (Fsp3) is 0.375. The van der Waals surface area contributed by atoms with E-state index in [1.807, 2.05) is 0 Å². The topological polar surface area (TPSA) is 329 Å². The third-order valence-corrected chi connectivity index (χ3v) is 13.9. The monoisotopic (exact) mass is 900 g/mol. The summed E-state index contributed by atoms with van der Waals surface area (Å²) in [7, 11) is 3.10. The summed E-state index contributed by atoms with van der Waals surface area (Å²) < 4.78 is 0. The first kappa shape index (κ1) is 45.2. The molecule has 6 aliphatic carbocycles. The molecule has 8 rings (SSSR count). The van der Waals surface area contributed by atoms with Crippen molar-refractivity contribution in [3.63, 3.8) is 0 Å². The molecule has 6 aliphatic rings. The molecule has 0 saturated carbocycles. The van der Waals surface area contributed by atoms with E-state index in [-0.39, 0.29) is 54.4 Å². The van der Waals surface area contributed by atoms with Gasteiger partial charge < -0.3 is 47.2 Å². The van der Waals surface area contributed by atoms with Crippen LogP contribution >= 0.6 is 0 Å². The second-order valence-corrected chi connectivity index (χ2v) is 17.7. The number of unbranched alkanes of at least 4 members (excludes halogenated alkanes) is 3. The van der Waals surface area contributed by atoms with Crippen LogP contribution in [0.25, 0.3) is 0 Å². The molecule has 18 heteroatoms. The van der Waals surface area contributed by atoms with Gasteiger partial charge in [0.15, 0.2) is 22.8 Å². The van der Waals surface area contributed by atoms with Crippen molar-refractivity contribution in [3.05, 3.63) is 108 Å². The summed E-state index contributed by atoms with van der Waals surface area (Å²) in [5.41, 5.74) is 3.56. The number of hydrogen-bond acceptors (Lipinski definition) is 16. The summed E-state index contributed by atoms with van der Waals surface area (Å²) in [6, 6.07) is 4.55. The zero-order chi connectivity index (χ0) is 47.9. The molecule has 2 amide bonds. The van der Waals surface area contributed by atoms with E-state index in [1.54, 1.807) is 26.2 Å². The number of ketones is 4. The van der Waals surface area contributed by atoms with Gasteiger partial charge >= 0.3 is 0 Å². The molecule has 0 spiro atoms. The lowest BCUT2D eigenvalue weighted by atomic mass is 9.58. The van der Waals surface area contributed by atoms with Crippen molar-refractivity contribution >= 4 is 34.9 Å². The highest BCUT2D eigenvalue weighted by molar-refractivity contribution is 6.26. The normalized spacial score (nSPS) is 27.7. The van der Waals surface area contributed by atoms with Crippen LogP contribution in [0.2, 0.25) is 0 Å². The average molecular weight is 901 g/mol. The van der Waals surface area contributed by atoms with Crippen LogP contribution in [0.3, 0.4) is 0 Å². The lowest BCUT2D eigenvalue weighted by Crippen LogP contribution is -2.63. The second kappa shape index (κ2) is 16.2. The van der Waals surface area contributed by atoms with E-state index >= 15 is 0 Å². The highest BCUT2D eigenvalue weighted by Gasteiger charge is 2.64. The Morgan fingerprint density at radius 3 is 1.73 bits per heavy atom. The molecule has 0 bridgehead atoms. The number of fused-ring (bicyclic) bond motifs is 6. The maximum absolute atomic E-state index is 14.0. The van der Waals surface area contributed by atoms with Crippen LogP contribution in [0.15, 0.2) is 74.7 Å². The Balaban J connectivity index is 0.976. The minimum Gasteiger partial charge on any atom is -0.511 e. The lowest BCUT2D eigenvalue weighted by molar-refractivity contribution is -0.148. The Morgan fingerprint density at radius 1 is 0.727 bits per heavy atom. The van der Waals surface area contributed by atoms with E-state index in [9.17, 15) is 69.4 Å². The molecule has 0 heterocycles. The van der Waals surface area contributed by atoms with Crippen LogP contribution in [0.4, 0.5) is 0 Å². The number of benzene rings is 2. The van der Waals surface area contributed by atoms with Gasteiger partial charge in [0, 0.05) is 53.4 Å². The van der Waals surface area contributed by atoms with Gasteiger partial charge in [-0.25, -0.2) is 0 Å². The van der Waals surface area contributed by atoms with Crippen LogP contribution < -0.4 is 11.5 Å². The van der Waals surface area contributed by atoms with Crippen LogP contribution in [0.1, 0.15) is 87.9 Å². The number of Topliss-reactive ketones (excluding diaryl/α,β-unsaturated/α-hetero) is 4. The summed E-state index contributed by atoms with van der Waals surface area (Å²) in [6.45, 7) is 0. The van der Waals surface area contributed by atoms with Gasteiger partial charge in [-0.1, -0.05) is 23.7 Å². The van der Waals surface area contributed by atoms with E-state index in [2.05, 4.69) is 28.9 Å². The Hall–Kier alpha value is -7.38. The SMILES string of the molecule is CN(C)[C@@H]1C(O)=C(C(N)=O)C(=O)[C@@]2(O)C(O)=C3C(=O)c4c(O)ccc(C#CCCCCC#Cc5ccc(O)c6c5C[C@H]5C[C@H]7CC(O)=C(C(N)=O)C(=O)[C@@]7(O)C(N=O)=C5C6=O)c4C[C@H]3C[C@@H]12. The molecule has 18 nitrogen and oxygen atoms in total. The van der Waals surface area contributed by atoms with Gasteiger partial charge in [-0.05, 0) is 105 Å². The number of hydrogen-bond donors (Lipinski definition) is 9. The third kappa shape index (κ3) is 6.54. The number of rotatable bonds is 7. The number of phenols is 2. The number of phenolic OH excluding ortho intramolecular Hbond substituents is 2. The van der Waals surface area contributed by atoms with Gasteiger partial charge in [-0.15, -0.1) is 4.91 Å². The molecule has 340 valence electrons. The Morgan fingerprint density at radius 2 is 1.23 bits per heavy atom. The molecule has 2 aromatic rings. The Labute approximate surface area is 375 Å². The minimum atomic E-state index is -2.75. The second-order valence-electron chi connectivity index (χ2n) is 17.7.